The van der Waals surface area contributed by atoms with E-state index in [1.54, 1.807) is 0 Å². The summed E-state index contributed by atoms with van der Waals surface area (Å²) in [6.07, 6.45) is 0. The molecule has 206 valence electrons. The molecule has 0 N–H and O–H groups in total. The largest absolute Gasteiger partial charge is 0.228 e. The molecule has 0 bridgehead atoms. The van der Waals surface area contributed by atoms with Crippen LogP contribution in [0.25, 0.3) is 78.2 Å². The van der Waals surface area contributed by atoms with Crippen LogP contribution in [0.2, 0.25) is 0 Å². The summed E-state index contributed by atoms with van der Waals surface area (Å²) in [4.78, 5) is 19.5. The van der Waals surface area contributed by atoms with Crippen LogP contribution >= 0.6 is 0 Å². The second-order valence-electron chi connectivity index (χ2n) is 10.8. The maximum absolute atomic E-state index is 4.90. The van der Waals surface area contributed by atoms with E-state index < -0.39 is 0 Å². The minimum absolute atomic E-state index is 0.748. The van der Waals surface area contributed by atoms with E-state index in [2.05, 4.69) is 109 Å². The van der Waals surface area contributed by atoms with Crippen LogP contribution in [-0.2, 0) is 0 Å². The third-order valence-corrected chi connectivity index (χ3v) is 7.94. The molecule has 0 saturated heterocycles. The van der Waals surface area contributed by atoms with Gasteiger partial charge in [-0.3, -0.25) is 0 Å². The third kappa shape index (κ3) is 4.99. The first-order valence-corrected chi connectivity index (χ1v) is 14.6. The van der Waals surface area contributed by atoms with E-state index in [4.69, 9.17) is 19.9 Å². The quantitative estimate of drug-likeness (QED) is 0.209. The van der Waals surface area contributed by atoms with Crippen molar-refractivity contribution in [3.8, 4) is 56.2 Å². The molecule has 0 amide bonds. The van der Waals surface area contributed by atoms with Crippen molar-refractivity contribution in [2.24, 2.45) is 0 Å². The lowest BCUT2D eigenvalue weighted by Gasteiger charge is -2.08. The standard InChI is InChI=1S/C40H26N4/c1-3-7-29(8-4-1)35-23-19-33-21-25-37(43-39(33)41-35)31-15-11-27(12-16-31)28-13-17-32(18-14-28)38-26-22-34-20-24-36(42-40(34)44-38)30-9-5-2-6-10-30/h1-26H. The molecule has 0 fully saturated rings. The molecule has 0 aliphatic rings. The maximum atomic E-state index is 4.90. The van der Waals surface area contributed by atoms with E-state index in [-0.39, 0.29) is 0 Å². The highest BCUT2D eigenvalue weighted by Crippen LogP contribution is 2.29. The Kier molecular flexibility index (Phi) is 6.43. The molecule has 0 spiro atoms. The molecule has 0 aliphatic carbocycles. The summed E-state index contributed by atoms with van der Waals surface area (Å²) in [6.45, 7) is 0. The molecular formula is C40H26N4. The van der Waals surface area contributed by atoms with Gasteiger partial charge >= 0.3 is 0 Å². The number of aromatic nitrogens is 4. The van der Waals surface area contributed by atoms with Gasteiger partial charge in [0.2, 0.25) is 0 Å². The SMILES string of the molecule is c1ccc(-c2ccc3ccc(-c4ccc(-c5ccc(-c6ccc7ccc(-c8ccccc8)nc7n6)cc5)cc4)nc3n2)cc1. The first kappa shape index (κ1) is 25.7. The van der Waals surface area contributed by atoms with Gasteiger partial charge in [-0.05, 0) is 59.7 Å². The highest BCUT2D eigenvalue weighted by molar-refractivity contribution is 5.83. The molecule has 44 heavy (non-hydrogen) atoms. The normalized spacial score (nSPS) is 11.2. The van der Waals surface area contributed by atoms with Crippen molar-refractivity contribution in [2.75, 3.05) is 0 Å². The van der Waals surface area contributed by atoms with Crippen LogP contribution in [0.15, 0.2) is 158 Å². The molecule has 8 aromatic rings. The molecule has 0 aliphatic heterocycles. The van der Waals surface area contributed by atoms with Crippen LogP contribution in [0.1, 0.15) is 0 Å². The zero-order chi connectivity index (χ0) is 29.3. The van der Waals surface area contributed by atoms with Crippen LogP contribution in [0.4, 0.5) is 0 Å². The Labute approximate surface area is 255 Å². The van der Waals surface area contributed by atoms with Crippen LogP contribution < -0.4 is 0 Å². The van der Waals surface area contributed by atoms with Crippen molar-refractivity contribution in [2.45, 2.75) is 0 Å². The molecule has 0 atom stereocenters. The smallest absolute Gasteiger partial charge is 0.160 e. The molecule has 0 saturated carbocycles. The van der Waals surface area contributed by atoms with E-state index in [9.17, 15) is 0 Å². The maximum Gasteiger partial charge on any atom is 0.160 e. The molecule has 4 heterocycles. The first-order chi connectivity index (χ1) is 21.8. The Morgan fingerprint density at radius 2 is 0.500 bits per heavy atom. The van der Waals surface area contributed by atoms with Crippen molar-refractivity contribution in [1.82, 2.24) is 19.9 Å². The summed E-state index contributed by atoms with van der Waals surface area (Å²) in [6, 6.07) is 54.1. The highest BCUT2D eigenvalue weighted by Gasteiger charge is 2.08. The van der Waals surface area contributed by atoms with Gasteiger partial charge in [0.05, 0.1) is 22.8 Å². The molecule has 0 unspecified atom stereocenters. The van der Waals surface area contributed by atoms with Gasteiger partial charge in [0, 0.05) is 33.0 Å². The lowest BCUT2D eigenvalue weighted by Crippen LogP contribution is -1.91. The highest BCUT2D eigenvalue weighted by atomic mass is 14.9. The monoisotopic (exact) mass is 562 g/mol. The number of fused-ring (bicyclic) bond motifs is 2. The molecule has 4 aromatic heterocycles. The Morgan fingerprint density at radius 1 is 0.227 bits per heavy atom. The number of rotatable bonds is 5. The molecule has 0 radical (unpaired) electrons. The predicted molar refractivity (Wildman–Crippen MR) is 180 cm³/mol. The average molecular weight is 563 g/mol. The number of pyridine rings is 4. The van der Waals surface area contributed by atoms with Crippen LogP contribution in [-0.4, -0.2) is 19.9 Å². The van der Waals surface area contributed by atoms with Gasteiger partial charge in [0.1, 0.15) is 0 Å². The molecule has 8 rings (SSSR count). The van der Waals surface area contributed by atoms with Gasteiger partial charge in [0.25, 0.3) is 0 Å². The van der Waals surface area contributed by atoms with Gasteiger partial charge in [-0.1, -0.05) is 109 Å². The van der Waals surface area contributed by atoms with Gasteiger partial charge in [-0.25, -0.2) is 19.9 Å². The lowest BCUT2D eigenvalue weighted by atomic mass is 10.0. The van der Waals surface area contributed by atoms with Crippen molar-refractivity contribution < 1.29 is 0 Å². The van der Waals surface area contributed by atoms with Crippen molar-refractivity contribution in [3.05, 3.63) is 158 Å². The lowest BCUT2D eigenvalue weighted by molar-refractivity contribution is 1.29. The summed E-state index contributed by atoms with van der Waals surface area (Å²) in [5, 5.41) is 2.05. The number of nitrogens with zero attached hydrogens (tertiary/aromatic N) is 4. The zero-order valence-electron chi connectivity index (χ0n) is 23.8. The zero-order valence-corrected chi connectivity index (χ0v) is 23.8. The minimum atomic E-state index is 0.748. The Morgan fingerprint density at radius 3 is 0.818 bits per heavy atom. The van der Waals surface area contributed by atoms with Crippen molar-refractivity contribution in [1.29, 1.82) is 0 Å². The van der Waals surface area contributed by atoms with Crippen LogP contribution in [0.5, 0.6) is 0 Å². The summed E-state index contributed by atoms with van der Waals surface area (Å²) < 4.78 is 0. The predicted octanol–water partition coefficient (Wildman–Crippen LogP) is 9.91. The second-order valence-corrected chi connectivity index (χ2v) is 10.8. The summed E-state index contributed by atoms with van der Waals surface area (Å²) in [5.41, 5.74) is 11.7. The van der Waals surface area contributed by atoms with E-state index >= 15 is 0 Å². The molecule has 4 aromatic carbocycles. The molecular weight excluding hydrogens is 536 g/mol. The number of hydrogen-bond acceptors (Lipinski definition) is 4. The fourth-order valence-corrected chi connectivity index (χ4v) is 5.53. The fraction of sp³-hybridized carbons (Fsp3) is 0. The summed E-state index contributed by atoms with van der Waals surface area (Å²) >= 11 is 0. The molecule has 4 nitrogen and oxygen atoms in total. The van der Waals surface area contributed by atoms with Crippen LogP contribution in [0, 0.1) is 0 Å². The third-order valence-electron chi connectivity index (χ3n) is 7.94. The van der Waals surface area contributed by atoms with Crippen molar-refractivity contribution in [3.63, 3.8) is 0 Å². The van der Waals surface area contributed by atoms with E-state index in [0.29, 0.717) is 0 Å². The topological polar surface area (TPSA) is 51.6 Å². The summed E-state index contributed by atoms with van der Waals surface area (Å²) in [7, 11) is 0. The van der Waals surface area contributed by atoms with Gasteiger partial charge < -0.3 is 0 Å². The second kappa shape index (κ2) is 11.0. The molecule has 4 heteroatoms. The van der Waals surface area contributed by atoms with E-state index in [0.717, 1.165) is 78.2 Å². The Hall–Kier alpha value is -6.00. The summed E-state index contributed by atoms with van der Waals surface area (Å²) in [5.74, 6) is 0. The van der Waals surface area contributed by atoms with E-state index in [1.807, 2.05) is 48.5 Å². The minimum Gasteiger partial charge on any atom is -0.228 e. The Bertz CT molecular complexity index is 2080. The number of benzene rings is 4. The van der Waals surface area contributed by atoms with Crippen molar-refractivity contribution >= 4 is 22.1 Å². The first-order valence-electron chi connectivity index (χ1n) is 14.6. The fourth-order valence-electron chi connectivity index (χ4n) is 5.53. The van der Waals surface area contributed by atoms with Gasteiger partial charge in [-0.15, -0.1) is 0 Å². The van der Waals surface area contributed by atoms with Gasteiger partial charge in [-0.2, -0.15) is 0 Å². The number of hydrogen-bond donors (Lipinski definition) is 0. The Balaban J connectivity index is 1.04. The van der Waals surface area contributed by atoms with E-state index in [1.165, 1.54) is 0 Å². The average Bonchev–Trinajstić information content (AvgIpc) is 3.11. The van der Waals surface area contributed by atoms with Crippen LogP contribution in [0.3, 0.4) is 0 Å². The van der Waals surface area contributed by atoms with Gasteiger partial charge in [0.15, 0.2) is 11.3 Å².